The lowest BCUT2D eigenvalue weighted by Gasteiger charge is -2.13. The first-order chi connectivity index (χ1) is 12.8. The summed E-state index contributed by atoms with van der Waals surface area (Å²) in [6, 6.07) is 8.64. The van der Waals surface area contributed by atoms with E-state index in [4.69, 9.17) is 9.47 Å². The first-order valence-corrected chi connectivity index (χ1v) is 9.36. The number of methoxy groups -OCH3 is 1. The number of benzene rings is 1. The summed E-state index contributed by atoms with van der Waals surface area (Å²) in [5.74, 6) is -0.438. The Morgan fingerprint density at radius 3 is 2.33 bits per heavy atom. The van der Waals surface area contributed by atoms with Crippen LogP contribution in [0.3, 0.4) is 0 Å². The summed E-state index contributed by atoms with van der Waals surface area (Å²) in [7, 11) is 1.56. The molecule has 0 aliphatic carbocycles. The Bertz CT molecular complexity index is 825. The van der Waals surface area contributed by atoms with E-state index in [1.54, 1.807) is 42.7 Å². The maximum Gasteiger partial charge on any atom is 0.307 e. The van der Waals surface area contributed by atoms with Crippen LogP contribution in [0.2, 0.25) is 0 Å². The molecule has 0 radical (unpaired) electrons. The molecule has 7 heteroatoms. The van der Waals surface area contributed by atoms with Crippen molar-refractivity contribution in [2.45, 2.75) is 39.7 Å². The van der Waals surface area contributed by atoms with Gasteiger partial charge < -0.3 is 14.8 Å². The van der Waals surface area contributed by atoms with Crippen LogP contribution >= 0.6 is 11.3 Å². The van der Waals surface area contributed by atoms with E-state index >= 15 is 0 Å². The lowest BCUT2D eigenvalue weighted by Crippen LogP contribution is -2.30. The number of hydrogen-bond acceptors (Lipinski definition) is 6. The molecule has 2 aromatic rings. The second kappa shape index (κ2) is 9.32. The van der Waals surface area contributed by atoms with E-state index in [0.717, 1.165) is 9.75 Å². The quantitative estimate of drug-likeness (QED) is 0.547. The van der Waals surface area contributed by atoms with Crippen LogP contribution in [0, 0.1) is 13.8 Å². The number of carbonyl (C=O) groups excluding carboxylic acids is 3. The molecule has 0 saturated heterocycles. The number of nitrogens with one attached hydrogen (secondary N) is 1. The molecule has 1 aromatic heterocycles. The summed E-state index contributed by atoms with van der Waals surface area (Å²) < 4.78 is 10.2. The van der Waals surface area contributed by atoms with E-state index < -0.39 is 18.0 Å². The second-order valence-corrected chi connectivity index (χ2v) is 7.56. The van der Waals surface area contributed by atoms with Crippen molar-refractivity contribution in [1.29, 1.82) is 0 Å². The van der Waals surface area contributed by atoms with Crippen LogP contribution < -0.4 is 10.1 Å². The minimum absolute atomic E-state index is 0.0582. The summed E-state index contributed by atoms with van der Waals surface area (Å²) in [4.78, 5) is 38.3. The highest BCUT2D eigenvalue weighted by atomic mass is 32.1. The third kappa shape index (κ3) is 5.92. The minimum Gasteiger partial charge on any atom is -0.497 e. The Hall–Kier alpha value is -2.67. The van der Waals surface area contributed by atoms with Gasteiger partial charge in [-0.05, 0) is 51.1 Å². The number of Topliss-reactive ketones (excluding diaryl/α,β-unsaturated/α-hetero) is 1. The van der Waals surface area contributed by atoms with Crippen molar-refractivity contribution in [1.82, 2.24) is 0 Å². The maximum absolute atomic E-state index is 12.2. The molecule has 0 saturated carbocycles. The number of ketones is 1. The fourth-order valence-electron chi connectivity index (χ4n) is 2.49. The zero-order valence-electron chi connectivity index (χ0n) is 15.8. The summed E-state index contributed by atoms with van der Waals surface area (Å²) >= 11 is 1.55. The zero-order chi connectivity index (χ0) is 20.0. The molecule has 1 heterocycles. The Morgan fingerprint density at radius 2 is 1.78 bits per heavy atom. The number of carbonyl (C=O) groups is 3. The standard InChI is InChI=1S/C20H23NO5S/c1-12-11-17(14(3)27-12)18(22)9-10-19(23)26-13(2)20(24)21-15-5-7-16(25-4)8-6-15/h5-8,11,13H,9-10H2,1-4H3,(H,21,24)/t13-/m1/s1. The maximum atomic E-state index is 12.2. The lowest BCUT2D eigenvalue weighted by atomic mass is 10.1. The molecule has 144 valence electrons. The second-order valence-electron chi connectivity index (χ2n) is 6.10. The van der Waals surface area contributed by atoms with E-state index in [2.05, 4.69) is 5.32 Å². The summed E-state index contributed by atoms with van der Waals surface area (Å²) in [6.45, 7) is 5.31. The molecule has 6 nitrogen and oxygen atoms in total. The van der Waals surface area contributed by atoms with Gasteiger partial charge in [0.15, 0.2) is 11.9 Å². The summed E-state index contributed by atoms with van der Waals surface area (Å²) in [5.41, 5.74) is 1.22. The van der Waals surface area contributed by atoms with Gasteiger partial charge in [-0.3, -0.25) is 14.4 Å². The number of anilines is 1. The number of amides is 1. The predicted octanol–water partition coefficient (Wildman–Crippen LogP) is 3.91. The molecule has 0 aliphatic rings. The molecule has 0 aliphatic heterocycles. The van der Waals surface area contributed by atoms with Gasteiger partial charge in [0, 0.05) is 27.4 Å². The highest BCUT2D eigenvalue weighted by Gasteiger charge is 2.20. The molecule has 0 spiro atoms. The zero-order valence-corrected chi connectivity index (χ0v) is 16.6. The Labute approximate surface area is 162 Å². The van der Waals surface area contributed by atoms with Crippen molar-refractivity contribution in [3.05, 3.63) is 45.6 Å². The van der Waals surface area contributed by atoms with Crippen LogP contribution in [0.1, 0.15) is 39.9 Å². The number of rotatable bonds is 8. The van der Waals surface area contributed by atoms with E-state index in [1.165, 1.54) is 6.92 Å². The van der Waals surface area contributed by atoms with Crippen LogP contribution in [0.25, 0.3) is 0 Å². The molecule has 0 fully saturated rings. The average Bonchev–Trinajstić information content (AvgIpc) is 2.98. The molecule has 0 bridgehead atoms. The third-order valence-corrected chi connectivity index (χ3v) is 4.90. The van der Waals surface area contributed by atoms with Crippen molar-refractivity contribution in [2.24, 2.45) is 0 Å². The topological polar surface area (TPSA) is 81.7 Å². The van der Waals surface area contributed by atoms with Gasteiger partial charge in [0.05, 0.1) is 13.5 Å². The first-order valence-electron chi connectivity index (χ1n) is 8.54. The fraction of sp³-hybridized carbons (Fsp3) is 0.350. The van der Waals surface area contributed by atoms with Gasteiger partial charge in [-0.25, -0.2) is 0 Å². The minimum atomic E-state index is -0.958. The van der Waals surface area contributed by atoms with Gasteiger partial charge in [0.1, 0.15) is 5.75 Å². The van der Waals surface area contributed by atoms with Gasteiger partial charge in [0.25, 0.3) is 5.91 Å². The molecule has 1 N–H and O–H groups in total. The predicted molar refractivity (Wildman–Crippen MR) is 105 cm³/mol. The van der Waals surface area contributed by atoms with Crippen molar-refractivity contribution in [2.75, 3.05) is 12.4 Å². The number of thiophene rings is 1. The SMILES string of the molecule is COc1ccc(NC(=O)[C@@H](C)OC(=O)CCC(=O)c2cc(C)sc2C)cc1. The molecule has 2 rings (SSSR count). The molecule has 1 amide bonds. The van der Waals surface area contributed by atoms with Gasteiger partial charge in [0.2, 0.25) is 0 Å². The monoisotopic (exact) mass is 389 g/mol. The number of ether oxygens (including phenoxy) is 2. The molecular weight excluding hydrogens is 366 g/mol. The molecule has 1 aromatic carbocycles. The number of aryl methyl sites for hydroxylation is 2. The van der Waals surface area contributed by atoms with Crippen molar-refractivity contribution in [3.63, 3.8) is 0 Å². The largest absolute Gasteiger partial charge is 0.497 e. The molecule has 1 atom stereocenters. The molecule has 27 heavy (non-hydrogen) atoms. The van der Waals surface area contributed by atoms with Crippen LogP contribution in [-0.4, -0.2) is 30.9 Å². The average molecular weight is 389 g/mol. The normalized spacial score (nSPS) is 11.6. The van der Waals surface area contributed by atoms with Gasteiger partial charge in [-0.15, -0.1) is 11.3 Å². The van der Waals surface area contributed by atoms with Crippen LogP contribution in [0.15, 0.2) is 30.3 Å². The Morgan fingerprint density at radius 1 is 1.11 bits per heavy atom. The van der Waals surface area contributed by atoms with Crippen molar-refractivity contribution >= 4 is 34.7 Å². The van der Waals surface area contributed by atoms with Crippen LogP contribution in [0.5, 0.6) is 5.75 Å². The third-order valence-electron chi connectivity index (χ3n) is 3.93. The highest BCUT2D eigenvalue weighted by Crippen LogP contribution is 2.22. The molecular formula is C20H23NO5S. The first kappa shape index (κ1) is 20.6. The van der Waals surface area contributed by atoms with E-state index in [9.17, 15) is 14.4 Å². The van der Waals surface area contributed by atoms with E-state index in [-0.39, 0.29) is 18.6 Å². The van der Waals surface area contributed by atoms with E-state index in [1.807, 2.05) is 19.9 Å². The smallest absolute Gasteiger partial charge is 0.307 e. The van der Waals surface area contributed by atoms with Crippen molar-refractivity contribution in [3.8, 4) is 5.75 Å². The lowest BCUT2D eigenvalue weighted by molar-refractivity contribution is -0.153. The van der Waals surface area contributed by atoms with Crippen LogP contribution in [-0.2, 0) is 14.3 Å². The van der Waals surface area contributed by atoms with Crippen molar-refractivity contribution < 1.29 is 23.9 Å². The van der Waals surface area contributed by atoms with Gasteiger partial charge in [-0.1, -0.05) is 0 Å². The Kier molecular flexibility index (Phi) is 7.12. The summed E-state index contributed by atoms with van der Waals surface area (Å²) in [6.07, 6.45) is -0.962. The highest BCUT2D eigenvalue weighted by molar-refractivity contribution is 7.12. The number of hydrogen-bond donors (Lipinski definition) is 1. The molecule has 0 unspecified atom stereocenters. The Balaban J connectivity index is 1.80. The number of esters is 1. The summed E-state index contributed by atoms with van der Waals surface area (Å²) in [5, 5.41) is 2.66. The van der Waals surface area contributed by atoms with Crippen LogP contribution in [0.4, 0.5) is 5.69 Å². The van der Waals surface area contributed by atoms with E-state index in [0.29, 0.717) is 17.0 Å². The fourth-order valence-corrected chi connectivity index (χ4v) is 3.43. The van der Waals surface area contributed by atoms with Gasteiger partial charge >= 0.3 is 5.97 Å². The van der Waals surface area contributed by atoms with Gasteiger partial charge in [-0.2, -0.15) is 0 Å².